The van der Waals surface area contributed by atoms with Crippen LogP contribution in [0.5, 0.6) is 0 Å². The summed E-state index contributed by atoms with van der Waals surface area (Å²) in [5, 5.41) is 15.5. The van der Waals surface area contributed by atoms with Crippen molar-refractivity contribution in [2.75, 3.05) is 6.61 Å². The first-order chi connectivity index (χ1) is 20.8. The first-order valence-electron chi connectivity index (χ1n) is 14.8. The molecule has 2 aromatic carbocycles. The molecule has 3 N–H and O–H groups in total. The highest BCUT2D eigenvalue weighted by Gasteiger charge is 2.43. The number of alkyl carbamates (subject to hydrolysis) is 1. The Bertz CT molecular complexity index is 1360. The van der Waals surface area contributed by atoms with Gasteiger partial charge in [-0.3, -0.25) is 9.59 Å². The van der Waals surface area contributed by atoms with Crippen LogP contribution in [0.4, 0.5) is 4.79 Å². The first kappa shape index (κ1) is 36.8. The predicted molar refractivity (Wildman–Crippen MR) is 172 cm³/mol. The highest BCUT2D eigenvalue weighted by Crippen LogP contribution is 2.31. The van der Waals surface area contributed by atoms with Crippen LogP contribution in [0.25, 0.3) is 0 Å². The van der Waals surface area contributed by atoms with Crippen LogP contribution in [0.2, 0.25) is 0 Å². The largest absolute Gasteiger partial charge is 0.458 e. The second kappa shape index (κ2) is 15.1. The maximum absolute atomic E-state index is 14.4. The lowest BCUT2D eigenvalue weighted by molar-refractivity contribution is -0.159. The third-order valence-corrected chi connectivity index (χ3v) is 6.32. The summed E-state index contributed by atoms with van der Waals surface area (Å²) in [6.45, 7) is 14.6. The van der Waals surface area contributed by atoms with Crippen molar-refractivity contribution in [2.45, 2.75) is 104 Å². The van der Waals surface area contributed by atoms with E-state index in [0.29, 0.717) is 11.1 Å². The van der Waals surface area contributed by atoms with Crippen molar-refractivity contribution >= 4 is 23.9 Å². The number of amides is 3. The summed E-state index contributed by atoms with van der Waals surface area (Å²) in [7, 11) is 0. The minimum absolute atomic E-state index is 0.132. The van der Waals surface area contributed by atoms with Gasteiger partial charge < -0.3 is 30.1 Å². The Labute approximate surface area is 266 Å². The van der Waals surface area contributed by atoms with Gasteiger partial charge in [0, 0.05) is 17.5 Å². The number of ether oxygens (including phenoxy) is 2. The number of hydrogen-bond donors (Lipinski definition) is 3. The molecule has 0 aliphatic carbocycles. The molecule has 10 heteroatoms. The maximum atomic E-state index is 14.4. The van der Waals surface area contributed by atoms with Gasteiger partial charge in [0.25, 0.3) is 0 Å². The molecule has 0 saturated heterocycles. The van der Waals surface area contributed by atoms with Gasteiger partial charge in [-0.1, -0.05) is 48.4 Å². The van der Waals surface area contributed by atoms with Crippen LogP contribution in [0, 0.1) is 12.3 Å². The molecule has 0 aliphatic rings. The molecule has 0 radical (unpaired) electrons. The summed E-state index contributed by atoms with van der Waals surface area (Å²) in [6.07, 6.45) is 4.78. The smallest absolute Gasteiger partial charge is 0.408 e. The zero-order valence-electron chi connectivity index (χ0n) is 27.8. The van der Waals surface area contributed by atoms with Crippen molar-refractivity contribution < 1.29 is 33.8 Å². The molecule has 0 bridgehead atoms. The highest BCUT2D eigenvalue weighted by atomic mass is 16.6. The molecule has 0 spiro atoms. The molecular formula is C35H47N3O7. The average molecular weight is 622 g/mol. The quantitative estimate of drug-likeness (QED) is 0.266. The number of esters is 1. The van der Waals surface area contributed by atoms with Crippen LogP contribution in [-0.2, 0) is 30.3 Å². The Morgan fingerprint density at radius 2 is 1.38 bits per heavy atom. The molecule has 2 aromatic rings. The lowest BCUT2D eigenvalue weighted by Gasteiger charge is -2.43. The van der Waals surface area contributed by atoms with Crippen molar-refractivity contribution in [2.24, 2.45) is 0 Å². The minimum atomic E-state index is -1.44. The number of aliphatic hydroxyl groups excluding tert-OH is 1. The zero-order valence-corrected chi connectivity index (χ0v) is 27.8. The van der Waals surface area contributed by atoms with E-state index in [1.807, 2.05) is 30.3 Å². The molecular weight excluding hydrogens is 574 g/mol. The number of aliphatic hydroxyl groups is 1. The summed E-state index contributed by atoms with van der Waals surface area (Å²) in [5.41, 5.74) is -0.958. The van der Waals surface area contributed by atoms with Gasteiger partial charge in [-0.15, -0.1) is 6.42 Å². The second-order valence-corrected chi connectivity index (χ2v) is 13.7. The minimum Gasteiger partial charge on any atom is -0.458 e. The fraction of sp³-hybridized carbons (Fsp3) is 0.486. The SMILES string of the molecule is C#Cc1ccc(C(C(=O)NC(Cc2ccccc2)C(=O)OC(C)(C)C)N(C(=O)C(CO)NC(=O)OC(C)(C)C)C(C)(C)C)cc1. The normalized spacial score (nSPS) is 13.8. The van der Waals surface area contributed by atoms with E-state index in [1.165, 1.54) is 4.90 Å². The molecule has 244 valence electrons. The Morgan fingerprint density at radius 1 is 0.822 bits per heavy atom. The summed E-state index contributed by atoms with van der Waals surface area (Å²) in [6, 6.07) is 11.8. The van der Waals surface area contributed by atoms with Gasteiger partial charge in [-0.2, -0.15) is 0 Å². The van der Waals surface area contributed by atoms with E-state index in [4.69, 9.17) is 15.9 Å². The molecule has 45 heavy (non-hydrogen) atoms. The van der Waals surface area contributed by atoms with E-state index in [0.717, 1.165) is 5.56 Å². The molecule has 2 rings (SSSR count). The summed E-state index contributed by atoms with van der Waals surface area (Å²) < 4.78 is 10.9. The number of terminal acetylenes is 1. The topological polar surface area (TPSA) is 134 Å². The second-order valence-electron chi connectivity index (χ2n) is 13.7. The molecule has 0 aromatic heterocycles. The summed E-state index contributed by atoms with van der Waals surface area (Å²) >= 11 is 0. The van der Waals surface area contributed by atoms with Crippen molar-refractivity contribution in [3.8, 4) is 12.3 Å². The molecule has 10 nitrogen and oxygen atoms in total. The van der Waals surface area contributed by atoms with Crippen LogP contribution in [0.15, 0.2) is 54.6 Å². The number of carbonyl (C=O) groups is 4. The van der Waals surface area contributed by atoms with Gasteiger partial charge in [0.1, 0.15) is 29.3 Å². The molecule has 0 heterocycles. The van der Waals surface area contributed by atoms with Gasteiger partial charge in [0.2, 0.25) is 11.8 Å². The number of rotatable bonds is 10. The van der Waals surface area contributed by atoms with Crippen LogP contribution in [0.1, 0.15) is 85.0 Å². The van der Waals surface area contributed by atoms with E-state index in [-0.39, 0.29) is 6.42 Å². The summed E-state index contributed by atoms with van der Waals surface area (Å²) in [4.78, 5) is 55.8. The third-order valence-electron chi connectivity index (χ3n) is 6.32. The lowest BCUT2D eigenvalue weighted by Crippen LogP contribution is -2.60. The molecule has 0 saturated carbocycles. The average Bonchev–Trinajstić information content (AvgIpc) is 2.92. The van der Waals surface area contributed by atoms with Crippen LogP contribution >= 0.6 is 0 Å². The predicted octanol–water partition coefficient (Wildman–Crippen LogP) is 4.29. The maximum Gasteiger partial charge on any atom is 0.408 e. The monoisotopic (exact) mass is 621 g/mol. The van der Waals surface area contributed by atoms with E-state index < -0.39 is 65.4 Å². The van der Waals surface area contributed by atoms with Crippen LogP contribution < -0.4 is 10.6 Å². The molecule has 3 unspecified atom stereocenters. The Hall–Kier alpha value is -4.36. The van der Waals surface area contributed by atoms with Crippen molar-refractivity contribution in [1.29, 1.82) is 0 Å². The fourth-order valence-electron chi connectivity index (χ4n) is 4.49. The lowest BCUT2D eigenvalue weighted by atomic mass is 9.94. The van der Waals surface area contributed by atoms with Gasteiger partial charge >= 0.3 is 12.1 Å². The molecule has 0 aliphatic heterocycles. The Balaban J connectivity index is 2.62. The van der Waals surface area contributed by atoms with Crippen molar-refractivity contribution in [3.05, 3.63) is 71.3 Å². The molecule has 3 amide bonds. The first-order valence-corrected chi connectivity index (χ1v) is 14.8. The van der Waals surface area contributed by atoms with E-state index in [9.17, 15) is 24.3 Å². The molecule has 0 fully saturated rings. The van der Waals surface area contributed by atoms with Gasteiger partial charge in [-0.05, 0) is 85.6 Å². The van der Waals surface area contributed by atoms with Crippen LogP contribution in [-0.4, -0.2) is 69.3 Å². The standard InChI is InChI=1S/C35H47N3O7/c1-11-23-17-19-25(20-18-23)28(38(33(2,3)4)30(41)27(22-39)37-32(43)45-35(8,9)10)29(40)36-26(31(42)44-34(5,6)7)21-24-15-13-12-14-16-24/h1,12-20,26-28,39H,21-22H2,2-10H3,(H,36,40)(H,37,43). The summed E-state index contributed by atoms with van der Waals surface area (Å²) in [5.74, 6) is 0.472. The highest BCUT2D eigenvalue weighted by molar-refractivity contribution is 5.94. The Kier molecular flexibility index (Phi) is 12.3. The molecule has 3 atom stereocenters. The van der Waals surface area contributed by atoms with Crippen molar-refractivity contribution in [3.63, 3.8) is 0 Å². The zero-order chi connectivity index (χ0) is 34.2. The third kappa shape index (κ3) is 11.6. The van der Waals surface area contributed by atoms with Crippen LogP contribution in [0.3, 0.4) is 0 Å². The van der Waals surface area contributed by atoms with E-state index >= 15 is 0 Å². The van der Waals surface area contributed by atoms with Gasteiger partial charge in [0.15, 0.2) is 0 Å². The van der Waals surface area contributed by atoms with E-state index in [1.54, 1.807) is 86.6 Å². The number of carbonyl (C=O) groups excluding carboxylic acids is 4. The van der Waals surface area contributed by atoms with Gasteiger partial charge in [-0.25, -0.2) is 9.59 Å². The number of hydrogen-bond acceptors (Lipinski definition) is 7. The number of nitrogens with one attached hydrogen (secondary N) is 2. The fourth-order valence-corrected chi connectivity index (χ4v) is 4.49. The van der Waals surface area contributed by atoms with E-state index in [2.05, 4.69) is 16.6 Å². The Morgan fingerprint density at radius 3 is 1.84 bits per heavy atom. The number of benzene rings is 2. The number of nitrogens with zero attached hydrogens (tertiary/aromatic N) is 1. The van der Waals surface area contributed by atoms with Crippen molar-refractivity contribution in [1.82, 2.24) is 15.5 Å². The van der Waals surface area contributed by atoms with Gasteiger partial charge in [0.05, 0.1) is 6.61 Å².